The van der Waals surface area contributed by atoms with Gasteiger partial charge in [0.15, 0.2) is 0 Å². The quantitative estimate of drug-likeness (QED) is 0.484. The second-order valence-corrected chi connectivity index (χ2v) is 11.1. The zero-order chi connectivity index (χ0) is 28.3. The van der Waals surface area contributed by atoms with Crippen molar-refractivity contribution in [1.29, 1.82) is 0 Å². The number of hydrogen-bond acceptors (Lipinski definition) is 4. The second-order valence-electron chi connectivity index (χ2n) is 11.1. The van der Waals surface area contributed by atoms with Crippen molar-refractivity contribution in [3.05, 3.63) is 76.9 Å². The van der Waals surface area contributed by atoms with Gasteiger partial charge in [-0.25, -0.2) is 0 Å². The van der Waals surface area contributed by atoms with E-state index in [0.717, 1.165) is 50.8 Å². The normalized spacial score (nSPS) is 26.1. The maximum absolute atomic E-state index is 13.0. The number of alkyl halides is 3. The number of fused-ring (bicyclic) bond motifs is 2. The van der Waals surface area contributed by atoms with Crippen molar-refractivity contribution in [1.82, 2.24) is 15.5 Å². The van der Waals surface area contributed by atoms with Crippen LogP contribution in [0.15, 0.2) is 54.6 Å². The van der Waals surface area contributed by atoms with Crippen LogP contribution in [0.2, 0.25) is 0 Å². The fourth-order valence-corrected chi connectivity index (χ4v) is 6.39. The highest BCUT2D eigenvalue weighted by atomic mass is 19.4. The monoisotopic (exact) mass is 555 g/mol. The molecule has 1 saturated heterocycles. The number of benzene rings is 2. The van der Waals surface area contributed by atoms with E-state index in [2.05, 4.69) is 52.0 Å². The molecule has 2 fully saturated rings. The number of allylic oxidation sites excluding steroid dienone is 1. The van der Waals surface area contributed by atoms with Crippen molar-refractivity contribution in [2.45, 2.75) is 68.8 Å². The number of ether oxygens (including phenoxy) is 1. The number of carbonyl (C=O) groups is 2. The lowest BCUT2D eigenvalue weighted by Gasteiger charge is -2.40. The molecule has 1 spiro atoms. The number of carbonyl (C=O) groups excluding carboxylic acids is 2. The summed E-state index contributed by atoms with van der Waals surface area (Å²) in [6.07, 6.45) is 5.07. The number of hydrogen-bond donors (Lipinski definition) is 2. The summed E-state index contributed by atoms with van der Waals surface area (Å²) in [6, 6.07) is 13.0. The van der Waals surface area contributed by atoms with E-state index in [9.17, 15) is 22.8 Å². The Morgan fingerprint density at radius 1 is 1.07 bits per heavy atom. The average Bonchev–Trinajstić information content (AvgIpc) is 3.52. The first-order valence-electron chi connectivity index (χ1n) is 14.1. The van der Waals surface area contributed by atoms with E-state index >= 15 is 0 Å². The van der Waals surface area contributed by atoms with Gasteiger partial charge in [0.25, 0.3) is 5.91 Å². The van der Waals surface area contributed by atoms with Crippen molar-refractivity contribution in [2.24, 2.45) is 0 Å². The van der Waals surface area contributed by atoms with Crippen LogP contribution in [0.3, 0.4) is 0 Å². The molecule has 1 unspecified atom stereocenters. The molecular formula is C31H36F3N3O3. The van der Waals surface area contributed by atoms with Gasteiger partial charge in [-0.1, -0.05) is 49.4 Å². The molecule has 2 aliphatic carbocycles. The van der Waals surface area contributed by atoms with Crippen molar-refractivity contribution in [3.63, 3.8) is 0 Å². The number of amides is 2. The molecule has 1 heterocycles. The molecule has 2 N–H and O–H groups in total. The summed E-state index contributed by atoms with van der Waals surface area (Å²) in [5.41, 5.74) is 1.81. The van der Waals surface area contributed by atoms with Gasteiger partial charge < -0.3 is 15.4 Å². The summed E-state index contributed by atoms with van der Waals surface area (Å²) >= 11 is 0. The lowest BCUT2D eigenvalue weighted by molar-refractivity contribution is -0.137. The van der Waals surface area contributed by atoms with Crippen LogP contribution >= 0.6 is 0 Å². The van der Waals surface area contributed by atoms with E-state index in [1.54, 1.807) is 0 Å². The van der Waals surface area contributed by atoms with E-state index in [1.807, 2.05) is 6.92 Å². The minimum Gasteiger partial charge on any atom is -0.375 e. The van der Waals surface area contributed by atoms with Crippen molar-refractivity contribution < 1.29 is 27.5 Å². The van der Waals surface area contributed by atoms with E-state index in [0.29, 0.717) is 19.2 Å². The molecule has 3 aliphatic rings. The maximum atomic E-state index is 13.0. The molecule has 0 radical (unpaired) electrons. The van der Waals surface area contributed by atoms with Gasteiger partial charge in [-0.05, 0) is 61.4 Å². The van der Waals surface area contributed by atoms with Crippen LogP contribution < -0.4 is 10.6 Å². The molecule has 1 aliphatic heterocycles. The molecule has 9 heteroatoms. The summed E-state index contributed by atoms with van der Waals surface area (Å²) in [5, 5.41) is 5.44. The van der Waals surface area contributed by atoms with Gasteiger partial charge in [-0.15, -0.1) is 0 Å². The smallest absolute Gasteiger partial charge is 0.375 e. The first kappa shape index (κ1) is 28.4. The lowest BCUT2D eigenvalue weighted by atomic mass is 9.69. The van der Waals surface area contributed by atoms with Crippen LogP contribution in [0.25, 0.3) is 6.08 Å². The van der Waals surface area contributed by atoms with Crippen LogP contribution in [-0.2, 0) is 21.1 Å². The Kier molecular flexibility index (Phi) is 8.33. The number of likely N-dealkylation sites (tertiary alicyclic amines) is 1. The zero-order valence-electron chi connectivity index (χ0n) is 22.7. The Bertz CT molecular complexity index is 1250. The minimum absolute atomic E-state index is 0.121. The molecule has 2 atom stereocenters. The molecule has 5 rings (SSSR count). The molecule has 0 bridgehead atoms. The van der Waals surface area contributed by atoms with Gasteiger partial charge in [0.05, 0.1) is 24.3 Å². The van der Waals surface area contributed by atoms with Gasteiger partial charge in [0, 0.05) is 36.7 Å². The minimum atomic E-state index is -4.55. The lowest BCUT2D eigenvalue weighted by Crippen LogP contribution is -2.48. The van der Waals surface area contributed by atoms with E-state index in [4.69, 9.17) is 4.74 Å². The van der Waals surface area contributed by atoms with Gasteiger partial charge in [-0.3, -0.25) is 14.5 Å². The predicted octanol–water partition coefficient (Wildman–Crippen LogP) is 4.94. The van der Waals surface area contributed by atoms with Gasteiger partial charge >= 0.3 is 6.18 Å². The maximum Gasteiger partial charge on any atom is 0.416 e. The van der Waals surface area contributed by atoms with E-state index in [1.165, 1.54) is 23.3 Å². The van der Waals surface area contributed by atoms with Gasteiger partial charge in [-0.2, -0.15) is 13.2 Å². The number of nitrogens with zero attached hydrogens (tertiary/aromatic N) is 1. The predicted molar refractivity (Wildman–Crippen MR) is 147 cm³/mol. The van der Waals surface area contributed by atoms with Crippen molar-refractivity contribution in [2.75, 3.05) is 26.2 Å². The molecule has 2 amide bonds. The average molecular weight is 556 g/mol. The molecule has 6 nitrogen and oxygen atoms in total. The summed E-state index contributed by atoms with van der Waals surface area (Å²) < 4.78 is 45.1. The molecule has 2 aromatic carbocycles. The molecule has 0 aromatic heterocycles. The highest BCUT2D eigenvalue weighted by Gasteiger charge is 2.43. The second kappa shape index (κ2) is 11.7. The highest BCUT2D eigenvalue weighted by Crippen LogP contribution is 2.47. The van der Waals surface area contributed by atoms with Gasteiger partial charge in [0.2, 0.25) is 5.91 Å². The topological polar surface area (TPSA) is 70.7 Å². The fourth-order valence-electron chi connectivity index (χ4n) is 6.39. The summed E-state index contributed by atoms with van der Waals surface area (Å²) in [5.74, 6) is -1.13. The summed E-state index contributed by atoms with van der Waals surface area (Å²) in [7, 11) is 0. The third-order valence-electron chi connectivity index (χ3n) is 8.48. The highest BCUT2D eigenvalue weighted by molar-refractivity contribution is 5.96. The van der Waals surface area contributed by atoms with Crippen LogP contribution in [-0.4, -0.2) is 61.1 Å². The van der Waals surface area contributed by atoms with Crippen LogP contribution in [0.5, 0.6) is 0 Å². The summed E-state index contributed by atoms with van der Waals surface area (Å²) in [6.45, 7) is 3.69. The van der Waals surface area contributed by atoms with Crippen LogP contribution in [0.1, 0.15) is 66.1 Å². The Balaban J connectivity index is 1.15. The zero-order valence-corrected chi connectivity index (χ0v) is 22.7. The number of halogens is 3. The molecule has 2 aromatic rings. The Hall–Kier alpha value is -3.17. The Morgan fingerprint density at radius 2 is 1.85 bits per heavy atom. The standard InChI is InChI=1S/C31H36F3N3O3/c1-2-16-40-27-20-37(24-11-14-30(15-12-24)13-10-21-6-3-4-9-25(21)30)19-26(27)36-28(38)18-35-29(39)22-7-5-8-23(17-22)31(32,33)34/h3-10,13,17,24,26-27H,2,11-12,14-16,18-20H2,1H3,(H,35,39)(H,36,38)/t24?,26-,27?,30?/m0/s1. The first-order chi connectivity index (χ1) is 19.2. The SMILES string of the molecule is CCCOC1CN(C2CCC3(C=Cc4ccccc43)CC2)C[C@@H]1NC(=O)CNC(=O)c1cccc(C(F)(F)F)c1. The van der Waals surface area contributed by atoms with Crippen molar-refractivity contribution in [3.8, 4) is 0 Å². The first-order valence-corrected chi connectivity index (χ1v) is 14.1. The Labute approximate surface area is 233 Å². The summed E-state index contributed by atoms with van der Waals surface area (Å²) in [4.78, 5) is 27.6. The molecule has 40 heavy (non-hydrogen) atoms. The van der Waals surface area contributed by atoms with E-state index in [-0.39, 0.29) is 29.7 Å². The van der Waals surface area contributed by atoms with E-state index < -0.39 is 23.6 Å². The third kappa shape index (κ3) is 6.10. The number of rotatable bonds is 8. The molecule has 1 saturated carbocycles. The van der Waals surface area contributed by atoms with Gasteiger partial charge in [0.1, 0.15) is 0 Å². The third-order valence-corrected chi connectivity index (χ3v) is 8.48. The fraction of sp³-hybridized carbons (Fsp3) is 0.484. The van der Waals surface area contributed by atoms with Crippen molar-refractivity contribution >= 4 is 17.9 Å². The van der Waals surface area contributed by atoms with Crippen LogP contribution in [0, 0.1) is 0 Å². The Morgan fingerprint density at radius 3 is 2.60 bits per heavy atom. The number of nitrogens with one attached hydrogen (secondary N) is 2. The van der Waals surface area contributed by atoms with Crippen LogP contribution in [0.4, 0.5) is 13.2 Å². The molecular weight excluding hydrogens is 519 g/mol. The molecule has 214 valence electrons. The largest absolute Gasteiger partial charge is 0.416 e.